The standard InChI is InChI=1S/C16H29N3O/c1-5-8-17-16(15-7-10-20-13(15)4)11-14-6-9-19(18-14)12(2)3/h6,9,12-13,15-17H,5,7-8,10-11H2,1-4H3. The van der Waals surface area contributed by atoms with Crippen LogP contribution >= 0.6 is 0 Å². The van der Waals surface area contributed by atoms with Crippen molar-refractivity contribution in [1.82, 2.24) is 15.1 Å². The number of nitrogens with one attached hydrogen (secondary N) is 1. The van der Waals surface area contributed by atoms with E-state index in [9.17, 15) is 0 Å². The molecule has 2 rings (SSSR count). The maximum Gasteiger partial charge on any atom is 0.0640 e. The van der Waals surface area contributed by atoms with Crippen molar-refractivity contribution in [3.8, 4) is 0 Å². The van der Waals surface area contributed by atoms with E-state index in [0.29, 0.717) is 24.1 Å². The van der Waals surface area contributed by atoms with Crippen LogP contribution in [0.1, 0.15) is 52.3 Å². The zero-order valence-corrected chi connectivity index (χ0v) is 13.3. The van der Waals surface area contributed by atoms with Gasteiger partial charge in [0.05, 0.1) is 11.8 Å². The van der Waals surface area contributed by atoms with Gasteiger partial charge in [0, 0.05) is 37.2 Å². The van der Waals surface area contributed by atoms with E-state index in [-0.39, 0.29) is 0 Å². The summed E-state index contributed by atoms with van der Waals surface area (Å²) in [5.41, 5.74) is 1.19. The first-order valence-corrected chi connectivity index (χ1v) is 8.00. The van der Waals surface area contributed by atoms with E-state index in [0.717, 1.165) is 26.0 Å². The zero-order chi connectivity index (χ0) is 14.5. The second-order valence-corrected chi connectivity index (χ2v) is 6.17. The molecule has 0 radical (unpaired) electrons. The average Bonchev–Trinajstić information content (AvgIpc) is 3.03. The molecule has 0 aliphatic carbocycles. The van der Waals surface area contributed by atoms with E-state index in [1.165, 1.54) is 12.1 Å². The summed E-state index contributed by atoms with van der Waals surface area (Å²) in [5, 5.41) is 8.39. The molecule has 4 heteroatoms. The van der Waals surface area contributed by atoms with Crippen molar-refractivity contribution in [2.75, 3.05) is 13.2 Å². The van der Waals surface area contributed by atoms with Gasteiger partial charge in [-0.05, 0) is 46.2 Å². The average molecular weight is 279 g/mol. The molecule has 2 heterocycles. The van der Waals surface area contributed by atoms with Gasteiger partial charge in [0.2, 0.25) is 0 Å². The molecule has 3 atom stereocenters. The maximum absolute atomic E-state index is 5.74. The van der Waals surface area contributed by atoms with Gasteiger partial charge in [0.25, 0.3) is 0 Å². The van der Waals surface area contributed by atoms with Crippen molar-refractivity contribution in [2.24, 2.45) is 5.92 Å². The van der Waals surface area contributed by atoms with Gasteiger partial charge in [-0.1, -0.05) is 6.92 Å². The first-order valence-electron chi connectivity index (χ1n) is 8.00. The Labute approximate surface area is 122 Å². The lowest BCUT2D eigenvalue weighted by Gasteiger charge is -2.26. The second kappa shape index (κ2) is 7.23. The number of rotatable bonds is 7. The van der Waals surface area contributed by atoms with Crippen LogP contribution in [0.2, 0.25) is 0 Å². The van der Waals surface area contributed by atoms with Crippen molar-refractivity contribution in [1.29, 1.82) is 0 Å². The van der Waals surface area contributed by atoms with Crippen molar-refractivity contribution >= 4 is 0 Å². The van der Waals surface area contributed by atoms with Crippen LogP contribution in [0.4, 0.5) is 0 Å². The van der Waals surface area contributed by atoms with E-state index in [1.54, 1.807) is 0 Å². The Morgan fingerprint density at radius 2 is 2.30 bits per heavy atom. The van der Waals surface area contributed by atoms with E-state index in [1.807, 2.05) is 4.68 Å². The van der Waals surface area contributed by atoms with Gasteiger partial charge in [0.15, 0.2) is 0 Å². The molecule has 114 valence electrons. The van der Waals surface area contributed by atoms with Gasteiger partial charge in [-0.25, -0.2) is 0 Å². The molecule has 0 bridgehead atoms. The minimum atomic E-state index is 0.358. The summed E-state index contributed by atoms with van der Waals surface area (Å²) < 4.78 is 7.78. The lowest BCUT2D eigenvalue weighted by Crippen LogP contribution is -2.41. The SMILES string of the molecule is CCCNC(Cc1ccn(C(C)C)n1)C1CCOC1C. The molecule has 4 nitrogen and oxygen atoms in total. The molecule has 1 aromatic rings. The molecule has 0 amide bonds. The topological polar surface area (TPSA) is 39.1 Å². The Balaban J connectivity index is 2.02. The number of hydrogen-bond acceptors (Lipinski definition) is 3. The largest absolute Gasteiger partial charge is 0.378 e. The Bertz CT molecular complexity index is 402. The highest BCUT2D eigenvalue weighted by Gasteiger charge is 2.31. The molecular formula is C16H29N3O. The van der Waals surface area contributed by atoms with Crippen LogP contribution in [0.5, 0.6) is 0 Å². The molecule has 1 N–H and O–H groups in total. The van der Waals surface area contributed by atoms with E-state index < -0.39 is 0 Å². The summed E-state index contributed by atoms with van der Waals surface area (Å²) in [5.74, 6) is 0.603. The van der Waals surface area contributed by atoms with E-state index >= 15 is 0 Å². The number of aromatic nitrogens is 2. The number of nitrogens with zero attached hydrogens (tertiary/aromatic N) is 2. The Morgan fingerprint density at radius 3 is 2.85 bits per heavy atom. The van der Waals surface area contributed by atoms with E-state index in [4.69, 9.17) is 4.74 Å². The fourth-order valence-electron chi connectivity index (χ4n) is 2.98. The van der Waals surface area contributed by atoms with Crippen LogP contribution in [-0.4, -0.2) is 35.1 Å². The second-order valence-electron chi connectivity index (χ2n) is 6.17. The molecule has 0 spiro atoms. The summed E-state index contributed by atoms with van der Waals surface area (Å²) >= 11 is 0. The maximum atomic E-state index is 5.74. The molecule has 1 fully saturated rings. The molecule has 1 aliphatic rings. The number of hydrogen-bond donors (Lipinski definition) is 1. The lowest BCUT2D eigenvalue weighted by molar-refractivity contribution is 0.0952. The van der Waals surface area contributed by atoms with Gasteiger partial charge in [0.1, 0.15) is 0 Å². The molecule has 1 saturated heterocycles. The summed E-state index contributed by atoms with van der Waals surface area (Å²) in [6.45, 7) is 10.7. The summed E-state index contributed by atoms with van der Waals surface area (Å²) in [6, 6.07) is 3.06. The highest BCUT2D eigenvalue weighted by atomic mass is 16.5. The predicted octanol–water partition coefficient (Wildman–Crippen LogP) is 2.80. The van der Waals surface area contributed by atoms with Crippen LogP contribution < -0.4 is 5.32 Å². The molecular weight excluding hydrogens is 250 g/mol. The molecule has 1 aliphatic heterocycles. The summed E-state index contributed by atoms with van der Waals surface area (Å²) in [4.78, 5) is 0. The fraction of sp³-hybridized carbons (Fsp3) is 0.812. The molecule has 20 heavy (non-hydrogen) atoms. The predicted molar refractivity (Wildman–Crippen MR) is 81.9 cm³/mol. The lowest BCUT2D eigenvalue weighted by atomic mass is 9.90. The Morgan fingerprint density at radius 1 is 1.50 bits per heavy atom. The summed E-state index contributed by atoms with van der Waals surface area (Å²) in [6.07, 6.45) is 5.77. The quantitative estimate of drug-likeness (QED) is 0.834. The minimum Gasteiger partial charge on any atom is -0.378 e. The molecule has 0 saturated carbocycles. The highest BCUT2D eigenvalue weighted by Crippen LogP contribution is 2.26. The van der Waals surface area contributed by atoms with Crippen LogP contribution in [0.15, 0.2) is 12.3 Å². The Kier molecular flexibility index (Phi) is 5.61. The van der Waals surface area contributed by atoms with Gasteiger partial charge in [-0.3, -0.25) is 4.68 Å². The van der Waals surface area contributed by atoms with Gasteiger partial charge < -0.3 is 10.1 Å². The monoisotopic (exact) mass is 279 g/mol. The van der Waals surface area contributed by atoms with Gasteiger partial charge >= 0.3 is 0 Å². The van der Waals surface area contributed by atoms with Crippen LogP contribution in [0.3, 0.4) is 0 Å². The van der Waals surface area contributed by atoms with Crippen LogP contribution in [0, 0.1) is 5.92 Å². The van der Waals surface area contributed by atoms with Crippen LogP contribution in [-0.2, 0) is 11.2 Å². The van der Waals surface area contributed by atoms with Gasteiger partial charge in [-0.2, -0.15) is 5.10 Å². The van der Waals surface area contributed by atoms with Crippen molar-refractivity contribution in [3.05, 3.63) is 18.0 Å². The van der Waals surface area contributed by atoms with Gasteiger partial charge in [-0.15, -0.1) is 0 Å². The molecule has 3 unspecified atom stereocenters. The van der Waals surface area contributed by atoms with Crippen LogP contribution in [0.25, 0.3) is 0 Å². The van der Waals surface area contributed by atoms with Crippen molar-refractivity contribution in [2.45, 2.75) is 65.1 Å². The minimum absolute atomic E-state index is 0.358. The first-order chi connectivity index (χ1) is 9.61. The Hall–Kier alpha value is -0.870. The third-order valence-electron chi connectivity index (χ3n) is 4.23. The first kappa shape index (κ1) is 15.5. The smallest absolute Gasteiger partial charge is 0.0640 e. The van der Waals surface area contributed by atoms with Crippen molar-refractivity contribution < 1.29 is 4.74 Å². The fourth-order valence-corrected chi connectivity index (χ4v) is 2.98. The molecule has 1 aromatic heterocycles. The van der Waals surface area contributed by atoms with E-state index in [2.05, 4.69) is 50.4 Å². The third-order valence-corrected chi connectivity index (χ3v) is 4.23. The molecule has 0 aromatic carbocycles. The number of ether oxygens (including phenoxy) is 1. The highest BCUT2D eigenvalue weighted by molar-refractivity contribution is 5.04. The normalized spacial score (nSPS) is 24.4. The summed E-state index contributed by atoms with van der Waals surface area (Å²) in [7, 11) is 0. The zero-order valence-electron chi connectivity index (χ0n) is 13.3. The third kappa shape index (κ3) is 3.83. The van der Waals surface area contributed by atoms with Crippen molar-refractivity contribution in [3.63, 3.8) is 0 Å².